The zero-order chi connectivity index (χ0) is 13.4. The topological polar surface area (TPSA) is 58.8 Å². The SMILES string of the molecule is CCc1nnc(SCCCOC)c(C#N)c1CC. The summed E-state index contributed by atoms with van der Waals surface area (Å²) in [5.74, 6) is 0.895. The van der Waals surface area contributed by atoms with E-state index in [1.54, 1.807) is 18.9 Å². The van der Waals surface area contributed by atoms with Crippen LogP contribution in [-0.2, 0) is 17.6 Å². The highest BCUT2D eigenvalue weighted by atomic mass is 32.2. The Bertz CT molecular complexity index is 429. The Morgan fingerprint density at radius 3 is 2.61 bits per heavy atom. The van der Waals surface area contributed by atoms with Crippen LogP contribution in [0.5, 0.6) is 0 Å². The van der Waals surface area contributed by atoms with Crippen LogP contribution in [0, 0.1) is 11.3 Å². The lowest BCUT2D eigenvalue weighted by Gasteiger charge is -2.09. The molecule has 0 spiro atoms. The van der Waals surface area contributed by atoms with E-state index in [-0.39, 0.29) is 0 Å². The Morgan fingerprint density at radius 1 is 1.28 bits per heavy atom. The Labute approximate surface area is 113 Å². The molecule has 1 heterocycles. The van der Waals surface area contributed by atoms with Gasteiger partial charge in [-0.05, 0) is 24.8 Å². The maximum absolute atomic E-state index is 9.30. The van der Waals surface area contributed by atoms with Crippen molar-refractivity contribution in [2.75, 3.05) is 19.5 Å². The van der Waals surface area contributed by atoms with Crippen molar-refractivity contribution in [3.05, 3.63) is 16.8 Å². The highest BCUT2D eigenvalue weighted by molar-refractivity contribution is 7.99. The quantitative estimate of drug-likeness (QED) is 0.560. The van der Waals surface area contributed by atoms with Gasteiger partial charge in [0, 0.05) is 19.5 Å². The molecule has 0 atom stereocenters. The van der Waals surface area contributed by atoms with E-state index in [4.69, 9.17) is 4.74 Å². The van der Waals surface area contributed by atoms with Gasteiger partial charge >= 0.3 is 0 Å². The van der Waals surface area contributed by atoms with Crippen LogP contribution in [0.4, 0.5) is 0 Å². The molecule has 0 aromatic carbocycles. The lowest BCUT2D eigenvalue weighted by atomic mass is 10.1. The minimum absolute atomic E-state index is 0.701. The standard InChI is InChI=1S/C13H19N3OS/c1-4-10-11(9-14)13(16-15-12(10)5-2)18-8-6-7-17-3/h4-8H2,1-3H3. The first kappa shape index (κ1) is 14.9. The molecule has 0 amide bonds. The van der Waals surface area contributed by atoms with E-state index in [1.807, 2.05) is 6.92 Å². The van der Waals surface area contributed by atoms with Crippen LogP contribution in [0.15, 0.2) is 5.03 Å². The van der Waals surface area contributed by atoms with E-state index < -0.39 is 0 Å². The first-order valence-corrected chi connectivity index (χ1v) is 7.17. The molecule has 1 aromatic heterocycles. The van der Waals surface area contributed by atoms with Gasteiger partial charge in [0.25, 0.3) is 0 Å². The molecule has 0 radical (unpaired) electrons. The van der Waals surface area contributed by atoms with Gasteiger partial charge in [0.2, 0.25) is 0 Å². The van der Waals surface area contributed by atoms with Crippen LogP contribution in [0.2, 0.25) is 0 Å². The van der Waals surface area contributed by atoms with Gasteiger partial charge in [-0.2, -0.15) is 10.4 Å². The summed E-state index contributed by atoms with van der Waals surface area (Å²) in [5.41, 5.74) is 2.69. The molecule has 0 aliphatic carbocycles. The van der Waals surface area contributed by atoms with Gasteiger partial charge in [-0.15, -0.1) is 16.9 Å². The van der Waals surface area contributed by atoms with E-state index in [1.165, 1.54) is 0 Å². The van der Waals surface area contributed by atoms with E-state index in [2.05, 4.69) is 23.2 Å². The third-order valence-corrected chi connectivity index (χ3v) is 3.71. The molecule has 1 aromatic rings. The molecule has 4 nitrogen and oxygen atoms in total. The van der Waals surface area contributed by atoms with Crippen molar-refractivity contribution in [2.45, 2.75) is 38.1 Å². The van der Waals surface area contributed by atoms with Gasteiger partial charge in [-0.3, -0.25) is 0 Å². The van der Waals surface area contributed by atoms with Gasteiger partial charge in [-0.25, -0.2) is 0 Å². The Morgan fingerprint density at radius 2 is 2.06 bits per heavy atom. The van der Waals surface area contributed by atoms with Crippen molar-refractivity contribution in [2.24, 2.45) is 0 Å². The summed E-state index contributed by atoms with van der Waals surface area (Å²) in [7, 11) is 1.69. The molecule has 0 bridgehead atoms. The zero-order valence-corrected chi connectivity index (χ0v) is 12.0. The molecular weight excluding hydrogens is 246 g/mol. The summed E-state index contributed by atoms with van der Waals surface area (Å²) in [6, 6.07) is 2.28. The second kappa shape index (κ2) is 8.06. The number of aryl methyl sites for hydroxylation is 1. The number of aromatic nitrogens is 2. The summed E-state index contributed by atoms with van der Waals surface area (Å²) in [5, 5.41) is 18.4. The monoisotopic (exact) mass is 265 g/mol. The highest BCUT2D eigenvalue weighted by Crippen LogP contribution is 2.24. The summed E-state index contributed by atoms with van der Waals surface area (Å²) >= 11 is 1.58. The van der Waals surface area contributed by atoms with E-state index >= 15 is 0 Å². The lowest BCUT2D eigenvalue weighted by molar-refractivity contribution is 0.200. The molecule has 0 aliphatic heterocycles. The average molecular weight is 265 g/mol. The summed E-state index contributed by atoms with van der Waals surface area (Å²) in [6.07, 6.45) is 2.59. The predicted molar refractivity (Wildman–Crippen MR) is 72.7 cm³/mol. The minimum atomic E-state index is 0.701. The third kappa shape index (κ3) is 3.69. The Kier molecular flexibility index (Phi) is 6.69. The third-order valence-electron chi connectivity index (χ3n) is 2.66. The van der Waals surface area contributed by atoms with E-state index in [0.717, 1.165) is 47.9 Å². The summed E-state index contributed by atoms with van der Waals surface area (Å²) < 4.78 is 5.00. The van der Waals surface area contributed by atoms with Crippen LogP contribution in [0.25, 0.3) is 0 Å². The van der Waals surface area contributed by atoms with Gasteiger partial charge in [0.15, 0.2) is 0 Å². The number of ether oxygens (including phenoxy) is 1. The van der Waals surface area contributed by atoms with Crippen molar-refractivity contribution in [3.63, 3.8) is 0 Å². The number of nitriles is 1. The molecule has 98 valence electrons. The second-order valence-electron chi connectivity index (χ2n) is 3.82. The molecule has 5 heteroatoms. The molecule has 0 aliphatic rings. The number of hydrogen-bond acceptors (Lipinski definition) is 5. The van der Waals surface area contributed by atoms with Crippen molar-refractivity contribution < 1.29 is 4.74 Å². The molecule has 0 fully saturated rings. The Balaban J connectivity index is 2.89. The van der Waals surface area contributed by atoms with Crippen LogP contribution < -0.4 is 0 Å². The number of nitrogens with zero attached hydrogens (tertiary/aromatic N) is 3. The van der Waals surface area contributed by atoms with Crippen LogP contribution >= 0.6 is 11.8 Å². The molecule has 0 saturated heterocycles. The van der Waals surface area contributed by atoms with Gasteiger partial charge in [0.1, 0.15) is 11.1 Å². The molecule has 0 saturated carbocycles. The van der Waals surface area contributed by atoms with Crippen molar-refractivity contribution in [3.8, 4) is 6.07 Å². The van der Waals surface area contributed by atoms with Crippen molar-refractivity contribution in [1.29, 1.82) is 5.26 Å². The molecule has 1 rings (SSSR count). The van der Waals surface area contributed by atoms with Crippen LogP contribution in [0.3, 0.4) is 0 Å². The predicted octanol–water partition coefficient (Wildman–Crippen LogP) is 2.60. The second-order valence-corrected chi connectivity index (χ2v) is 4.90. The minimum Gasteiger partial charge on any atom is -0.385 e. The summed E-state index contributed by atoms with van der Waals surface area (Å²) in [6.45, 7) is 4.82. The lowest BCUT2D eigenvalue weighted by Crippen LogP contribution is -2.05. The number of hydrogen-bond donors (Lipinski definition) is 0. The van der Waals surface area contributed by atoms with Crippen molar-refractivity contribution >= 4 is 11.8 Å². The summed E-state index contributed by atoms with van der Waals surface area (Å²) in [4.78, 5) is 0. The zero-order valence-electron chi connectivity index (χ0n) is 11.2. The largest absolute Gasteiger partial charge is 0.385 e. The van der Waals surface area contributed by atoms with Gasteiger partial charge in [-0.1, -0.05) is 13.8 Å². The van der Waals surface area contributed by atoms with Crippen LogP contribution in [-0.4, -0.2) is 29.7 Å². The maximum atomic E-state index is 9.30. The fraction of sp³-hybridized carbons (Fsp3) is 0.615. The van der Waals surface area contributed by atoms with Gasteiger partial charge < -0.3 is 4.74 Å². The fourth-order valence-corrected chi connectivity index (χ4v) is 2.61. The molecule has 0 N–H and O–H groups in total. The van der Waals surface area contributed by atoms with Crippen molar-refractivity contribution in [1.82, 2.24) is 10.2 Å². The fourth-order valence-electron chi connectivity index (χ4n) is 1.74. The number of thioether (sulfide) groups is 1. The smallest absolute Gasteiger partial charge is 0.137 e. The first-order valence-electron chi connectivity index (χ1n) is 6.18. The molecular formula is C13H19N3OS. The average Bonchev–Trinajstić information content (AvgIpc) is 2.42. The normalized spacial score (nSPS) is 10.3. The Hall–Kier alpha value is -1.12. The highest BCUT2D eigenvalue weighted by Gasteiger charge is 2.14. The van der Waals surface area contributed by atoms with E-state index in [0.29, 0.717) is 5.56 Å². The van der Waals surface area contributed by atoms with Crippen LogP contribution in [0.1, 0.15) is 37.1 Å². The molecule has 0 unspecified atom stereocenters. The maximum Gasteiger partial charge on any atom is 0.137 e. The number of rotatable bonds is 7. The first-order chi connectivity index (χ1) is 8.78. The van der Waals surface area contributed by atoms with Gasteiger partial charge in [0.05, 0.1) is 11.3 Å². The van der Waals surface area contributed by atoms with E-state index in [9.17, 15) is 5.26 Å². The molecule has 18 heavy (non-hydrogen) atoms. The number of methoxy groups -OCH3 is 1.